The summed E-state index contributed by atoms with van der Waals surface area (Å²) in [5.41, 5.74) is 2.19. The van der Waals surface area contributed by atoms with Crippen LogP contribution in [-0.2, 0) is 0 Å². The molecule has 0 aromatic heterocycles. The number of allylic oxidation sites excluding steroid dienone is 4. The van der Waals surface area contributed by atoms with Gasteiger partial charge in [0, 0.05) is 0 Å². The molecule has 1 aliphatic rings. The van der Waals surface area contributed by atoms with Crippen LogP contribution in [0.15, 0.2) is 23.3 Å². The first kappa shape index (κ1) is 8.07. The standard InChI is InChI=1S/C10H13N/c1-3-9-6-8(2)4-5-10(9)7-11/h4-5,8H,3,6H2,1-2H3. The van der Waals surface area contributed by atoms with Crippen molar-refractivity contribution < 1.29 is 0 Å². The molecular formula is C10H13N. The zero-order valence-electron chi connectivity index (χ0n) is 7.09. The van der Waals surface area contributed by atoms with Gasteiger partial charge < -0.3 is 0 Å². The zero-order valence-corrected chi connectivity index (χ0v) is 7.09. The fourth-order valence-electron chi connectivity index (χ4n) is 1.40. The average molecular weight is 147 g/mol. The highest BCUT2D eigenvalue weighted by Crippen LogP contribution is 2.24. The lowest BCUT2D eigenvalue weighted by atomic mass is 9.90. The summed E-state index contributed by atoms with van der Waals surface area (Å²) in [7, 11) is 0. The van der Waals surface area contributed by atoms with Crippen molar-refractivity contribution in [1.82, 2.24) is 0 Å². The normalized spacial score (nSPS) is 23.5. The Kier molecular flexibility index (Phi) is 2.48. The second-order valence-corrected chi connectivity index (χ2v) is 3.02. The molecule has 0 aromatic carbocycles. The summed E-state index contributed by atoms with van der Waals surface area (Å²) in [6.07, 6.45) is 6.14. The topological polar surface area (TPSA) is 23.8 Å². The van der Waals surface area contributed by atoms with Gasteiger partial charge in [0.05, 0.1) is 11.6 Å². The van der Waals surface area contributed by atoms with E-state index >= 15 is 0 Å². The highest BCUT2D eigenvalue weighted by molar-refractivity contribution is 5.40. The van der Waals surface area contributed by atoms with Gasteiger partial charge in [0.25, 0.3) is 0 Å². The Bertz CT molecular complexity index is 240. The van der Waals surface area contributed by atoms with Gasteiger partial charge in [-0.1, -0.05) is 25.5 Å². The van der Waals surface area contributed by atoms with Crippen LogP contribution in [0.4, 0.5) is 0 Å². The van der Waals surface area contributed by atoms with Crippen molar-refractivity contribution in [3.05, 3.63) is 23.3 Å². The number of hydrogen-bond donors (Lipinski definition) is 0. The second kappa shape index (κ2) is 3.39. The largest absolute Gasteiger partial charge is 0.192 e. The van der Waals surface area contributed by atoms with Crippen molar-refractivity contribution >= 4 is 0 Å². The van der Waals surface area contributed by atoms with E-state index in [1.165, 1.54) is 5.57 Å². The third kappa shape index (κ3) is 1.71. The van der Waals surface area contributed by atoms with E-state index in [4.69, 9.17) is 5.26 Å². The van der Waals surface area contributed by atoms with E-state index in [-0.39, 0.29) is 0 Å². The van der Waals surface area contributed by atoms with Crippen molar-refractivity contribution in [2.24, 2.45) is 5.92 Å². The molecule has 0 amide bonds. The van der Waals surface area contributed by atoms with Crippen LogP contribution in [0.1, 0.15) is 26.7 Å². The average Bonchev–Trinajstić information content (AvgIpc) is 2.04. The molecule has 1 unspecified atom stereocenters. The molecule has 11 heavy (non-hydrogen) atoms. The third-order valence-corrected chi connectivity index (χ3v) is 2.09. The van der Waals surface area contributed by atoms with E-state index < -0.39 is 0 Å². The van der Waals surface area contributed by atoms with Crippen molar-refractivity contribution in [2.45, 2.75) is 26.7 Å². The molecule has 0 bridgehead atoms. The molecule has 0 fully saturated rings. The Hall–Kier alpha value is -1.03. The molecule has 0 saturated heterocycles. The van der Waals surface area contributed by atoms with Gasteiger partial charge in [-0.2, -0.15) is 5.26 Å². The van der Waals surface area contributed by atoms with Crippen LogP contribution < -0.4 is 0 Å². The summed E-state index contributed by atoms with van der Waals surface area (Å²) in [6.45, 7) is 4.29. The van der Waals surface area contributed by atoms with Crippen LogP contribution >= 0.6 is 0 Å². The zero-order chi connectivity index (χ0) is 8.27. The Morgan fingerprint density at radius 3 is 3.00 bits per heavy atom. The van der Waals surface area contributed by atoms with E-state index in [0.717, 1.165) is 18.4 Å². The van der Waals surface area contributed by atoms with Gasteiger partial charge >= 0.3 is 0 Å². The molecule has 0 N–H and O–H groups in total. The Morgan fingerprint density at radius 1 is 1.73 bits per heavy atom. The first-order valence-electron chi connectivity index (χ1n) is 4.08. The van der Waals surface area contributed by atoms with Crippen molar-refractivity contribution in [2.75, 3.05) is 0 Å². The lowest BCUT2D eigenvalue weighted by Gasteiger charge is -2.14. The van der Waals surface area contributed by atoms with E-state index in [9.17, 15) is 0 Å². The number of nitrogens with zero attached hydrogens (tertiary/aromatic N) is 1. The predicted molar refractivity (Wildman–Crippen MR) is 45.9 cm³/mol. The molecule has 0 aliphatic heterocycles. The van der Waals surface area contributed by atoms with E-state index in [2.05, 4.69) is 26.0 Å². The minimum atomic E-state index is 0.613. The van der Waals surface area contributed by atoms with Gasteiger partial charge in [-0.25, -0.2) is 0 Å². The van der Waals surface area contributed by atoms with Gasteiger partial charge in [0.1, 0.15) is 0 Å². The lowest BCUT2D eigenvalue weighted by Crippen LogP contribution is -2.00. The lowest BCUT2D eigenvalue weighted by molar-refractivity contribution is 0.685. The van der Waals surface area contributed by atoms with E-state index in [0.29, 0.717) is 5.92 Å². The maximum atomic E-state index is 8.72. The number of hydrogen-bond acceptors (Lipinski definition) is 1. The molecule has 1 heteroatoms. The summed E-state index contributed by atoms with van der Waals surface area (Å²) < 4.78 is 0. The first-order chi connectivity index (χ1) is 5.27. The number of rotatable bonds is 1. The van der Waals surface area contributed by atoms with Gasteiger partial charge in [-0.15, -0.1) is 0 Å². The van der Waals surface area contributed by atoms with Crippen LogP contribution in [0.2, 0.25) is 0 Å². The predicted octanol–water partition coefficient (Wildman–Crippen LogP) is 2.81. The summed E-state index contributed by atoms with van der Waals surface area (Å²) in [4.78, 5) is 0. The fraction of sp³-hybridized carbons (Fsp3) is 0.500. The molecule has 1 nitrogen and oxygen atoms in total. The molecule has 0 radical (unpaired) electrons. The maximum Gasteiger partial charge on any atom is 0.0991 e. The second-order valence-electron chi connectivity index (χ2n) is 3.02. The van der Waals surface area contributed by atoms with Crippen LogP contribution in [0, 0.1) is 17.2 Å². The number of nitriles is 1. The third-order valence-electron chi connectivity index (χ3n) is 2.09. The van der Waals surface area contributed by atoms with Crippen molar-refractivity contribution in [3.8, 4) is 6.07 Å². The van der Waals surface area contributed by atoms with Crippen molar-refractivity contribution in [3.63, 3.8) is 0 Å². The molecule has 1 aliphatic carbocycles. The van der Waals surface area contributed by atoms with Crippen LogP contribution in [0.25, 0.3) is 0 Å². The van der Waals surface area contributed by atoms with Gasteiger partial charge in [0.2, 0.25) is 0 Å². The molecule has 0 aromatic rings. The molecule has 58 valence electrons. The highest BCUT2D eigenvalue weighted by atomic mass is 14.3. The molecule has 0 spiro atoms. The molecule has 0 heterocycles. The van der Waals surface area contributed by atoms with E-state index in [1.807, 2.05) is 6.08 Å². The summed E-state index contributed by atoms with van der Waals surface area (Å²) in [6, 6.07) is 2.22. The Morgan fingerprint density at radius 2 is 2.45 bits per heavy atom. The Balaban J connectivity index is 2.88. The molecule has 0 saturated carbocycles. The van der Waals surface area contributed by atoms with Crippen LogP contribution in [-0.4, -0.2) is 0 Å². The fourth-order valence-corrected chi connectivity index (χ4v) is 1.40. The van der Waals surface area contributed by atoms with Crippen molar-refractivity contribution in [1.29, 1.82) is 5.26 Å². The SMILES string of the molecule is CCC1=C(C#N)C=CC(C)C1. The summed E-state index contributed by atoms with van der Waals surface area (Å²) >= 11 is 0. The minimum absolute atomic E-state index is 0.613. The monoisotopic (exact) mass is 147 g/mol. The molecular weight excluding hydrogens is 134 g/mol. The van der Waals surface area contributed by atoms with Crippen LogP contribution in [0.3, 0.4) is 0 Å². The molecule has 1 atom stereocenters. The first-order valence-corrected chi connectivity index (χ1v) is 4.08. The maximum absolute atomic E-state index is 8.72. The van der Waals surface area contributed by atoms with Crippen LogP contribution in [0.5, 0.6) is 0 Å². The smallest absolute Gasteiger partial charge is 0.0991 e. The van der Waals surface area contributed by atoms with Gasteiger partial charge in [0.15, 0.2) is 0 Å². The highest BCUT2D eigenvalue weighted by Gasteiger charge is 2.10. The minimum Gasteiger partial charge on any atom is -0.192 e. The summed E-state index contributed by atoms with van der Waals surface area (Å²) in [5, 5.41) is 8.72. The van der Waals surface area contributed by atoms with Gasteiger partial charge in [-0.05, 0) is 24.8 Å². The molecule has 1 rings (SSSR count). The summed E-state index contributed by atoms with van der Waals surface area (Å²) in [5.74, 6) is 0.613. The van der Waals surface area contributed by atoms with E-state index in [1.54, 1.807) is 0 Å². The Labute approximate surface area is 68.0 Å². The van der Waals surface area contributed by atoms with Gasteiger partial charge in [-0.3, -0.25) is 0 Å². The quantitative estimate of drug-likeness (QED) is 0.559.